The first-order valence-electron chi connectivity index (χ1n) is 3.98. The third-order valence-corrected chi connectivity index (χ3v) is 1.57. The fourth-order valence-electron chi connectivity index (χ4n) is 0.854. The number of para-hydroxylation sites is 1. The van der Waals surface area contributed by atoms with Gasteiger partial charge in [-0.2, -0.15) is 0 Å². The maximum atomic E-state index is 11.1. The van der Waals surface area contributed by atoms with Crippen molar-refractivity contribution in [3.05, 3.63) is 30.3 Å². The average Bonchev–Trinajstić information content (AvgIpc) is 2.18. The fraction of sp³-hybridized carbons (Fsp3) is 0.222. The predicted molar refractivity (Wildman–Crippen MR) is 50.1 cm³/mol. The summed E-state index contributed by atoms with van der Waals surface area (Å²) < 4.78 is 0. The molecule has 0 aromatic heterocycles. The normalized spacial score (nSPS) is 12.2. The second kappa shape index (κ2) is 4.59. The molecule has 0 saturated heterocycles. The third kappa shape index (κ3) is 2.85. The Hall–Kier alpha value is -1.39. The van der Waals surface area contributed by atoms with Crippen LogP contribution in [0.4, 0.5) is 5.69 Å². The van der Waals surface area contributed by atoms with E-state index in [1.165, 1.54) is 0 Å². The zero-order valence-electron chi connectivity index (χ0n) is 7.10. The van der Waals surface area contributed by atoms with Crippen LogP contribution in [0.5, 0.6) is 0 Å². The summed E-state index contributed by atoms with van der Waals surface area (Å²) in [5, 5.41) is 11.6. The van der Waals surface area contributed by atoms with Crippen LogP contribution in [0.1, 0.15) is 0 Å². The molecule has 0 aliphatic heterocycles. The van der Waals surface area contributed by atoms with Crippen LogP contribution in [0.25, 0.3) is 0 Å². The Bertz CT molecular complexity index is 274. The van der Waals surface area contributed by atoms with Gasteiger partial charge in [-0.05, 0) is 12.1 Å². The summed E-state index contributed by atoms with van der Waals surface area (Å²) in [4.78, 5) is 11.1. The van der Waals surface area contributed by atoms with Crippen LogP contribution in [-0.4, -0.2) is 23.7 Å². The molecule has 4 nitrogen and oxygen atoms in total. The summed E-state index contributed by atoms with van der Waals surface area (Å²) >= 11 is 0. The second-order valence-electron chi connectivity index (χ2n) is 2.61. The number of hydrogen-bond donors (Lipinski definition) is 3. The maximum Gasteiger partial charge on any atom is 0.254 e. The zero-order chi connectivity index (χ0) is 9.68. The number of carbonyl (C=O) groups is 1. The van der Waals surface area contributed by atoms with Crippen molar-refractivity contribution < 1.29 is 9.90 Å². The molecule has 1 rings (SSSR count). The molecule has 1 amide bonds. The summed E-state index contributed by atoms with van der Waals surface area (Å²) in [5.74, 6) is -0.478. The standard InChI is InChI=1S/C9H12N2O2/c10-6-8(12)9(13)11-7-4-2-1-3-5-7/h1-5,8,12H,6,10H2,(H,11,13)/t8-/m0/s1. The first-order valence-corrected chi connectivity index (χ1v) is 3.98. The molecule has 0 unspecified atom stereocenters. The first kappa shape index (κ1) is 9.70. The summed E-state index contributed by atoms with van der Waals surface area (Å²) in [7, 11) is 0. The lowest BCUT2D eigenvalue weighted by molar-refractivity contribution is -0.123. The smallest absolute Gasteiger partial charge is 0.254 e. The highest BCUT2D eigenvalue weighted by molar-refractivity contribution is 5.94. The van der Waals surface area contributed by atoms with Crippen LogP contribution in [0.3, 0.4) is 0 Å². The lowest BCUT2D eigenvalue weighted by Crippen LogP contribution is -2.34. The Morgan fingerprint density at radius 3 is 2.62 bits per heavy atom. The minimum Gasteiger partial charge on any atom is -0.382 e. The van der Waals surface area contributed by atoms with Crippen LogP contribution >= 0.6 is 0 Å². The third-order valence-electron chi connectivity index (χ3n) is 1.57. The minimum absolute atomic E-state index is 0.0708. The molecule has 13 heavy (non-hydrogen) atoms. The Morgan fingerprint density at radius 1 is 1.46 bits per heavy atom. The number of benzene rings is 1. The number of anilines is 1. The number of nitrogens with two attached hydrogens (primary N) is 1. The predicted octanol–water partition coefficient (Wildman–Crippen LogP) is -0.0553. The van der Waals surface area contributed by atoms with E-state index < -0.39 is 12.0 Å². The topological polar surface area (TPSA) is 75.3 Å². The van der Waals surface area contributed by atoms with E-state index in [4.69, 9.17) is 10.8 Å². The highest BCUT2D eigenvalue weighted by atomic mass is 16.3. The minimum atomic E-state index is -1.14. The lowest BCUT2D eigenvalue weighted by atomic mass is 10.3. The Balaban J connectivity index is 2.55. The van der Waals surface area contributed by atoms with E-state index in [0.29, 0.717) is 5.69 Å². The molecule has 1 aromatic rings. The molecule has 0 spiro atoms. The van der Waals surface area contributed by atoms with Gasteiger partial charge in [0.05, 0.1) is 0 Å². The van der Waals surface area contributed by atoms with Gasteiger partial charge in [0.1, 0.15) is 6.10 Å². The zero-order valence-corrected chi connectivity index (χ0v) is 7.10. The van der Waals surface area contributed by atoms with Gasteiger partial charge in [-0.3, -0.25) is 4.79 Å². The van der Waals surface area contributed by atoms with Gasteiger partial charge < -0.3 is 16.2 Å². The molecular weight excluding hydrogens is 168 g/mol. The quantitative estimate of drug-likeness (QED) is 0.610. The van der Waals surface area contributed by atoms with E-state index in [9.17, 15) is 4.79 Å². The van der Waals surface area contributed by atoms with Crippen LogP contribution in [-0.2, 0) is 4.79 Å². The summed E-state index contributed by atoms with van der Waals surface area (Å²) in [6, 6.07) is 8.91. The van der Waals surface area contributed by atoms with E-state index >= 15 is 0 Å². The Kier molecular flexibility index (Phi) is 3.42. The fourth-order valence-corrected chi connectivity index (χ4v) is 0.854. The van der Waals surface area contributed by atoms with Gasteiger partial charge in [-0.15, -0.1) is 0 Å². The maximum absolute atomic E-state index is 11.1. The van der Waals surface area contributed by atoms with Crippen molar-refractivity contribution in [3.63, 3.8) is 0 Å². The van der Waals surface area contributed by atoms with Crippen molar-refractivity contribution in [2.45, 2.75) is 6.10 Å². The SMILES string of the molecule is NC[C@H](O)C(=O)Nc1ccccc1. The van der Waals surface area contributed by atoms with Crippen LogP contribution in [0.15, 0.2) is 30.3 Å². The highest BCUT2D eigenvalue weighted by Crippen LogP contribution is 2.04. The van der Waals surface area contributed by atoms with Gasteiger partial charge in [-0.1, -0.05) is 18.2 Å². The van der Waals surface area contributed by atoms with Crippen molar-refractivity contribution >= 4 is 11.6 Å². The average molecular weight is 180 g/mol. The number of amides is 1. The molecule has 0 bridgehead atoms. The Morgan fingerprint density at radius 2 is 2.08 bits per heavy atom. The van der Waals surface area contributed by atoms with E-state index in [-0.39, 0.29) is 6.54 Å². The van der Waals surface area contributed by atoms with Crippen molar-refractivity contribution in [3.8, 4) is 0 Å². The highest BCUT2D eigenvalue weighted by Gasteiger charge is 2.11. The number of hydrogen-bond acceptors (Lipinski definition) is 3. The molecule has 70 valence electrons. The van der Waals surface area contributed by atoms with Gasteiger partial charge >= 0.3 is 0 Å². The van der Waals surface area contributed by atoms with Crippen molar-refractivity contribution in [1.82, 2.24) is 0 Å². The molecule has 0 radical (unpaired) electrons. The summed E-state index contributed by atoms with van der Waals surface area (Å²) in [6.45, 7) is -0.0708. The number of aliphatic hydroxyl groups excluding tert-OH is 1. The molecule has 0 saturated carbocycles. The van der Waals surface area contributed by atoms with Gasteiger partial charge in [0.15, 0.2) is 0 Å². The molecule has 0 aliphatic carbocycles. The molecule has 0 aliphatic rings. The van der Waals surface area contributed by atoms with Gasteiger partial charge in [0.2, 0.25) is 0 Å². The van der Waals surface area contributed by atoms with E-state index in [2.05, 4.69) is 5.32 Å². The molecule has 1 atom stereocenters. The number of carbonyl (C=O) groups excluding carboxylic acids is 1. The van der Waals surface area contributed by atoms with Crippen LogP contribution in [0.2, 0.25) is 0 Å². The van der Waals surface area contributed by atoms with Gasteiger partial charge in [0, 0.05) is 12.2 Å². The van der Waals surface area contributed by atoms with Crippen LogP contribution in [0, 0.1) is 0 Å². The second-order valence-corrected chi connectivity index (χ2v) is 2.61. The molecular formula is C9H12N2O2. The van der Waals surface area contributed by atoms with Gasteiger partial charge in [0.25, 0.3) is 5.91 Å². The summed E-state index contributed by atoms with van der Waals surface area (Å²) in [5.41, 5.74) is 5.77. The largest absolute Gasteiger partial charge is 0.382 e. The Labute approximate surface area is 76.4 Å². The van der Waals surface area contributed by atoms with Crippen molar-refractivity contribution in [2.24, 2.45) is 5.73 Å². The van der Waals surface area contributed by atoms with E-state index in [0.717, 1.165) is 0 Å². The molecule has 4 heteroatoms. The van der Waals surface area contributed by atoms with Crippen molar-refractivity contribution in [2.75, 3.05) is 11.9 Å². The number of aliphatic hydroxyl groups is 1. The van der Waals surface area contributed by atoms with Crippen LogP contribution < -0.4 is 11.1 Å². The molecule has 1 aromatic carbocycles. The van der Waals surface area contributed by atoms with E-state index in [1.54, 1.807) is 24.3 Å². The number of nitrogens with one attached hydrogen (secondary N) is 1. The van der Waals surface area contributed by atoms with E-state index in [1.807, 2.05) is 6.07 Å². The molecule has 0 heterocycles. The lowest BCUT2D eigenvalue weighted by Gasteiger charge is -2.08. The molecule has 4 N–H and O–H groups in total. The first-order chi connectivity index (χ1) is 6.24. The van der Waals surface area contributed by atoms with Gasteiger partial charge in [-0.25, -0.2) is 0 Å². The monoisotopic (exact) mass is 180 g/mol. The molecule has 0 fully saturated rings. The number of rotatable bonds is 3. The van der Waals surface area contributed by atoms with Crippen molar-refractivity contribution in [1.29, 1.82) is 0 Å². The summed E-state index contributed by atoms with van der Waals surface area (Å²) in [6.07, 6.45) is -1.14.